The lowest BCUT2D eigenvalue weighted by Gasteiger charge is -2.01. The second kappa shape index (κ2) is 6.20. The monoisotopic (exact) mass is 190 g/mol. The van der Waals surface area contributed by atoms with E-state index >= 15 is 0 Å². The molecule has 2 heteroatoms. The molecular weight excluding hydrogens is 176 g/mol. The summed E-state index contributed by atoms with van der Waals surface area (Å²) >= 11 is 0. The third-order valence-corrected chi connectivity index (χ3v) is 1.64. The summed E-state index contributed by atoms with van der Waals surface area (Å²) in [7, 11) is 0. The fourth-order valence-electron chi connectivity index (χ4n) is 0.959. The summed E-state index contributed by atoms with van der Waals surface area (Å²) in [6.07, 6.45) is -0.699. The van der Waals surface area contributed by atoms with Gasteiger partial charge in [0.1, 0.15) is 6.10 Å². The van der Waals surface area contributed by atoms with E-state index < -0.39 is 6.10 Å². The fraction of sp³-hybridized carbons (Fsp3) is 0.333. The topological polar surface area (TPSA) is 29.5 Å². The first-order valence-electron chi connectivity index (χ1n) is 4.65. The average molecular weight is 190 g/mol. The van der Waals surface area contributed by atoms with Gasteiger partial charge >= 0.3 is 0 Å². The van der Waals surface area contributed by atoms with Gasteiger partial charge in [0.15, 0.2) is 0 Å². The minimum absolute atomic E-state index is 0.274. The van der Waals surface area contributed by atoms with Gasteiger partial charge in [0.2, 0.25) is 0 Å². The van der Waals surface area contributed by atoms with Crippen molar-refractivity contribution in [3.05, 3.63) is 35.9 Å². The van der Waals surface area contributed by atoms with E-state index in [9.17, 15) is 5.11 Å². The fourth-order valence-corrected chi connectivity index (χ4v) is 0.959. The predicted molar refractivity (Wildman–Crippen MR) is 55.8 cm³/mol. The molecule has 0 aliphatic rings. The lowest BCUT2D eigenvalue weighted by molar-refractivity contribution is 0.0713. The van der Waals surface area contributed by atoms with Crippen molar-refractivity contribution in [1.29, 1.82) is 0 Å². The molecule has 0 aliphatic carbocycles. The zero-order valence-corrected chi connectivity index (χ0v) is 8.23. The first kappa shape index (κ1) is 10.8. The Kier molecular flexibility index (Phi) is 4.77. The van der Waals surface area contributed by atoms with Gasteiger partial charge in [0.05, 0.1) is 6.61 Å². The number of aliphatic hydroxyl groups is 1. The summed E-state index contributed by atoms with van der Waals surface area (Å²) in [6, 6.07) is 9.57. The molecule has 1 aromatic rings. The molecule has 1 atom stereocenters. The van der Waals surface area contributed by atoms with Crippen LogP contribution < -0.4 is 0 Å². The Morgan fingerprint density at radius 3 is 2.71 bits per heavy atom. The first-order chi connectivity index (χ1) is 6.83. The van der Waals surface area contributed by atoms with Crippen molar-refractivity contribution in [2.24, 2.45) is 0 Å². The van der Waals surface area contributed by atoms with Gasteiger partial charge < -0.3 is 9.84 Å². The Hall–Kier alpha value is -1.30. The van der Waals surface area contributed by atoms with Crippen LogP contribution in [-0.2, 0) is 4.74 Å². The SMILES string of the molecule is CCOCC(O)C#Cc1ccccc1. The highest BCUT2D eigenvalue weighted by Gasteiger charge is 1.96. The molecule has 2 nitrogen and oxygen atoms in total. The van der Waals surface area contributed by atoms with Crippen LogP contribution in [0.25, 0.3) is 0 Å². The summed E-state index contributed by atoms with van der Waals surface area (Å²) in [5.74, 6) is 5.59. The molecule has 14 heavy (non-hydrogen) atoms. The Morgan fingerprint density at radius 1 is 1.36 bits per heavy atom. The summed E-state index contributed by atoms with van der Waals surface area (Å²) in [5, 5.41) is 9.34. The van der Waals surface area contributed by atoms with E-state index in [4.69, 9.17) is 4.74 Å². The first-order valence-corrected chi connectivity index (χ1v) is 4.65. The van der Waals surface area contributed by atoms with Gasteiger partial charge in [0, 0.05) is 12.2 Å². The molecule has 1 rings (SSSR count). The highest BCUT2D eigenvalue weighted by atomic mass is 16.5. The minimum Gasteiger partial charge on any atom is -0.378 e. The van der Waals surface area contributed by atoms with Crippen molar-refractivity contribution in [2.45, 2.75) is 13.0 Å². The van der Waals surface area contributed by atoms with Crippen LogP contribution in [0, 0.1) is 11.8 Å². The quantitative estimate of drug-likeness (QED) is 0.731. The van der Waals surface area contributed by atoms with Gasteiger partial charge in [-0.15, -0.1) is 0 Å². The number of hydrogen-bond acceptors (Lipinski definition) is 2. The van der Waals surface area contributed by atoms with E-state index in [0.29, 0.717) is 6.61 Å². The molecule has 0 radical (unpaired) electrons. The minimum atomic E-state index is -0.699. The van der Waals surface area contributed by atoms with Crippen molar-refractivity contribution in [3.63, 3.8) is 0 Å². The van der Waals surface area contributed by atoms with Crippen molar-refractivity contribution in [3.8, 4) is 11.8 Å². The van der Waals surface area contributed by atoms with E-state index in [1.54, 1.807) is 0 Å². The molecule has 74 valence electrons. The van der Waals surface area contributed by atoms with Crippen molar-refractivity contribution in [2.75, 3.05) is 13.2 Å². The zero-order chi connectivity index (χ0) is 10.2. The third kappa shape index (κ3) is 4.08. The van der Waals surface area contributed by atoms with Gasteiger partial charge in [-0.2, -0.15) is 0 Å². The number of aliphatic hydroxyl groups excluding tert-OH is 1. The molecule has 0 aromatic heterocycles. The van der Waals surface area contributed by atoms with Gasteiger partial charge in [-0.25, -0.2) is 0 Å². The van der Waals surface area contributed by atoms with E-state index in [2.05, 4.69) is 11.8 Å². The molecule has 0 spiro atoms. The molecular formula is C12H14O2. The molecule has 0 bridgehead atoms. The maximum Gasteiger partial charge on any atom is 0.138 e. The maximum absolute atomic E-state index is 9.34. The smallest absolute Gasteiger partial charge is 0.138 e. The molecule has 1 aromatic carbocycles. The molecule has 0 saturated heterocycles. The Labute approximate surface area is 84.5 Å². The van der Waals surface area contributed by atoms with Gasteiger partial charge in [-0.3, -0.25) is 0 Å². The summed E-state index contributed by atoms with van der Waals surface area (Å²) in [5.41, 5.74) is 0.906. The van der Waals surface area contributed by atoms with Crippen LogP contribution in [0.2, 0.25) is 0 Å². The summed E-state index contributed by atoms with van der Waals surface area (Å²) in [4.78, 5) is 0. The Bertz CT molecular complexity index is 308. The van der Waals surface area contributed by atoms with Crippen LogP contribution >= 0.6 is 0 Å². The van der Waals surface area contributed by atoms with Crippen LogP contribution in [0.3, 0.4) is 0 Å². The van der Waals surface area contributed by atoms with E-state index in [-0.39, 0.29) is 6.61 Å². The van der Waals surface area contributed by atoms with Gasteiger partial charge in [0.25, 0.3) is 0 Å². The molecule has 0 heterocycles. The Balaban J connectivity index is 2.47. The zero-order valence-electron chi connectivity index (χ0n) is 8.23. The highest BCUT2D eigenvalue weighted by Crippen LogP contribution is 1.95. The lowest BCUT2D eigenvalue weighted by Crippen LogP contribution is -2.12. The molecule has 1 N–H and O–H groups in total. The van der Waals surface area contributed by atoms with Crippen molar-refractivity contribution >= 4 is 0 Å². The standard InChI is InChI=1S/C12H14O2/c1-2-14-10-12(13)9-8-11-6-4-3-5-7-11/h3-7,12-13H,2,10H2,1H3. The number of ether oxygens (including phenoxy) is 1. The van der Waals surface area contributed by atoms with E-state index in [1.807, 2.05) is 37.3 Å². The van der Waals surface area contributed by atoms with Gasteiger partial charge in [-0.05, 0) is 19.1 Å². The summed E-state index contributed by atoms with van der Waals surface area (Å²) in [6.45, 7) is 2.76. The molecule has 0 fully saturated rings. The van der Waals surface area contributed by atoms with E-state index in [0.717, 1.165) is 5.56 Å². The summed E-state index contributed by atoms with van der Waals surface area (Å²) < 4.78 is 5.03. The largest absolute Gasteiger partial charge is 0.378 e. The number of benzene rings is 1. The Morgan fingerprint density at radius 2 is 2.07 bits per heavy atom. The van der Waals surface area contributed by atoms with Crippen LogP contribution in [0.15, 0.2) is 30.3 Å². The second-order valence-corrected chi connectivity index (χ2v) is 2.81. The third-order valence-electron chi connectivity index (χ3n) is 1.64. The van der Waals surface area contributed by atoms with E-state index in [1.165, 1.54) is 0 Å². The van der Waals surface area contributed by atoms with Crippen molar-refractivity contribution in [1.82, 2.24) is 0 Å². The van der Waals surface area contributed by atoms with Crippen molar-refractivity contribution < 1.29 is 9.84 Å². The lowest BCUT2D eigenvalue weighted by atomic mass is 10.2. The van der Waals surface area contributed by atoms with Crippen LogP contribution in [-0.4, -0.2) is 24.4 Å². The number of hydrogen-bond donors (Lipinski definition) is 1. The predicted octanol–water partition coefficient (Wildman–Crippen LogP) is 1.44. The molecule has 0 saturated carbocycles. The molecule has 0 aliphatic heterocycles. The second-order valence-electron chi connectivity index (χ2n) is 2.81. The van der Waals surface area contributed by atoms with Crippen LogP contribution in [0.4, 0.5) is 0 Å². The van der Waals surface area contributed by atoms with Crippen LogP contribution in [0.1, 0.15) is 12.5 Å². The number of rotatable bonds is 3. The maximum atomic E-state index is 9.34. The molecule has 0 amide bonds. The highest BCUT2D eigenvalue weighted by molar-refractivity contribution is 5.34. The molecule has 1 unspecified atom stereocenters. The normalized spacial score (nSPS) is 11.6. The average Bonchev–Trinajstić information content (AvgIpc) is 2.25. The van der Waals surface area contributed by atoms with Gasteiger partial charge in [-0.1, -0.05) is 30.0 Å². The van der Waals surface area contributed by atoms with Crippen LogP contribution in [0.5, 0.6) is 0 Å².